The van der Waals surface area contributed by atoms with Gasteiger partial charge >= 0.3 is 216 Å². The molecule has 0 aliphatic rings. The first-order chi connectivity index (χ1) is 16.6. The van der Waals surface area contributed by atoms with Crippen LogP contribution in [0.1, 0.15) is 16.7 Å². The molecular formula is C27H22AsN4S2. The van der Waals surface area contributed by atoms with E-state index in [-0.39, 0.29) is 15.8 Å². The van der Waals surface area contributed by atoms with Gasteiger partial charge in [0.2, 0.25) is 0 Å². The van der Waals surface area contributed by atoms with E-state index in [1.165, 1.54) is 30.8 Å². The van der Waals surface area contributed by atoms with E-state index in [4.69, 9.17) is 0 Å². The van der Waals surface area contributed by atoms with E-state index in [0.29, 0.717) is 5.65 Å². The SMILES string of the molecule is Cc1ccc(C)c(Sc2ccc([As]c3ncnc4nc(SCc5ccccc5)ncc34)cc2)c1. The molecule has 0 fully saturated rings. The first-order valence-electron chi connectivity index (χ1n) is 10.9. The molecule has 0 bridgehead atoms. The fourth-order valence-electron chi connectivity index (χ4n) is 3.36. The molecule has 0 N–H and O–H groups in total. The van der Waals surface area contributed by atoms with Crippen molar-refractivity contribution in [2.24, 2.45) is 0 Å². The summed E-state index contributed by atoms with van der Waals surface area (Å²) in [7, 11) is 0. The molecule has 0 atom stereocenters. The molecule has 0 amide bonds. The Morgan fingerprint density at radius 3 is 2.50 bits per heavy atom. The van der Waals surface area contributed by atoms with Crippen molar-refractivity contribution in [3.8, 4) is 0 Å². The second-order valence-corrected chi connectivity index (χ2v) is 12.3. The third kappa shape index (κ3) is 5.69. The van der Waals surface area contributed by atoms with E-state index in [2.05, 4.69) is 101 Å². The Morgan fingerprint density at radius 1 is 0.853 bits per heavy atom. The number of hydrogen-bond acceptors (Lipinski definition) is 6. The van der Waals surface area contributed by atoms with Crippen LogP contribution in [-0.2, 0) is 5.75 Å². The van der Waals surface area contributed by atoms with Crippen LogP contribution < -0.4 is 8.83 Å². The molecule has 0 unspecified atom stereocenters. The molecule has 0 saturated heterocycles. The van der Waals surface area contributed by atoms with Gasteiger partial charge in [0.25, 0.3) is 0 Å². The van der Waals surface area contributed by atoms with Crippen molar-refractivity contribution in [3.05, 3.63) is 102 Å². The molecule has 0 saturated carbocycles. The Labute approximate surface area is 214 Å². The third-order valence-electron chi connectivity index (χ3n) is 5.20. The van der Waals surface area contributed by atoms with Crippen LogP contribution in [0.25, 0.3) is 11.0 Å². The number of aromatic nitrogens is 4. The zero-order chi connectivity index (χ0) is 23.3. The molecule has 5 rings (SSSR count). The van der Waals surface area contributed by atoms with E-state index >= 15 is 0 Å². The first-order valence-corrected chi connectivity index (χ1v) is 14.5. The summed E-state index contributed by atoms with van der Waals surface area (Å²) in [5, 5.41) is 1.69. The Balaban J connectivity index is 1.30. The third-order valence-corrected chi connectivity index (χ3v) is 9.66. The maximum absolute atomic E-state index is 4.68. The van der Waals surface area contributed by atoms with Gasteiger partial charge in [-0.1, -0.05) is 0 Å². The quantitative estimate of drug-likeness (QED) is 0.162. The molecule has 0 aliphatic carbocycles. The van der Waals surface area contributed by atoms with Crippen molar-refractivity contribution in [1.29, 1.82) is 0 Å². The predicted octanol–water partition coefficient (Wildman–Crippen LogP) is 5.14. The van der Waals surface area contributed by atoms with E-state index < -0.39 is 0 Å². The van der Waals surface area contributed by atoms with Crippen LogP contribution in [-0.4, -0.2) is 35.7 Å². The molecule has 2 aromatic heterocycles. The Kier molecular flexibility index (Phi) is 7.29. The van der Waals surface area contributed by atoms with Gasteiger partial charge in [0.15, 0.2) is 0 Å². The number of fused-ring (bicyclic) bond motifs is 1. The number of benzene rings is 3. The number of thioether (sulfide) groups is 1. The molecule has 7 heteroatoms. The van der Waals surface area contributed by atoms with Gasteiger partial charge in [0, 0.05) is 0 Å². The average Bonchev–Trinajstić information content (AvgIpc) is 2.87. The summed E-state index contributed by atoms with van der Waals surface area (Å²) in [4.78, 5) is 20.8. The van der Waals surface area contributed by atoms with Crippen molar-refractivity contribution in [3.63, 3.8) is 0 Å². The second kappa shape index (κ2) is 10.7. The summed E-state index contributed by atoms with van der Waals surface area (Å²) in [6.45, 7) is 4.30. The molecule has 5 aromatic rings. The zero-order valence-electron chi connectivity index (χ0n) is 18.8. The van der Waals surface area contributed by atoms with E-state index in [1.807, 2.05) is 24.0 Å². The van der Waals surface area contributed by atoms with Crippen LogP contribution in [0.2, 0.25) is 0 Å². The van der Waals surface area contributed by atoms with E-state index in [0.717, 1.165) is 20.8 Å². The van der Waals surface area contributed by atoms with Gasteiger partial charge in [0.05, 0.1) is 0 Å². The minimum atomic E-state index is -0.287. The van der Waals surface area contributed by atoms with Crippen LogP contribution in [0.3, 0.4) is 0 Å². The first kappa shape index (κ1) is 23.1. The fourth-order valence-corrected chi connectivity index (χ4v) is 7.08. The van der Waals surface area contributed by atoms with Gasteiger partial charge in [-0.05, 0) is 0 Å². The van der Waals surface area contributed by atoms with Crippen molar-refractivity contribution in [1.82, 2.24) is 19.9 Å². The Morgan fingerprint density at radius 2 is 1.68 bits per heavy atom. The summed E-state index contributed by atoms with van der Waals surface area (Å²) in [6.07, 6.45) is 3.50. The summed E-state index contributed by atoms with van der Waals surface area (Å²) in [5.74, 6) is 0.836. The number of hydrogen-bond donors (Lipinski definition) is 0. The maximum atomic E-state index is 4.68. The minimum absolute atomic E-state index is 0.287. The van der Waals surface area contributed by atoms with Crippen molar-refractivity contribution in [2.45, 2.75) is 34.5 Å². The fraction of sp³-hybridized carbons (Fsp3) is 0.111. The molecule has 4 nitrogen and oxygen atoms in total. The summed E-state index contributed by atoms with van der Waals surface area (Å²) >= 11 is 3.15. The molecule has 0 aliphatic heterocycles. The normalized spacial score (nSPS) is 11.5. The van der Waals surface area contributed by atoms with Gasteiger partial charge in [-0.2, -0.15) is 0 Å². The zero-order valence-corrected chi connectivity index (χ0v) is 22.4. The Bertz CT molecular complexity index is 1430. The summed E-state index contributed by atoms with van der Waals surface area (Å²) < 4.78 is 2.33. The van der Waals surface area contributed by atoms with Crippen LogP contribution in [0.15, 0.2) is 100 Å². The predicted molar refractivity (Wildman–Crippen MR) is 143 cm³/mol. The Hall–Kier alpha value is -2.66. The van der Waals surface area contributed by atoms with Crippen molar-refractivity contribution < 1.29 is 0 Å². The van der Waals surface area contributed by atoms with Gasteiger partial charge in [-0.15, -0.1) is 0 Å². The van der Waals surface area contributed by atoms with E-state index in [9.17, 15) is 0 Å². The van der Waals surface area contributed by atoms with Crippen LogP contribution in [0.4, 0.5) is 0 Å². The molecule has 1 radical (unpaired) electrons. The van der Waals surface area contributed by atoms with E-state index in [1.54, 1.807) is 18.1 Å². The van der Waals surface area contributed by atoms with Crippen molar-refractivity contribution in [2.75, 3.05) is 0 Å². The molecule has 3 aromatic carbocycles. The van der Waals surface area contributed by atoms with Gasteiger partial charge in [-0.25, -0.2) is 0 Å². The topological polar surface area (TPSA) is 51.6 Å². The van der Waals surface area contributed by atoms with Crippen LogP contribution in [0, 0.1) is 13.8 Å². The second-order valence-electron chi connectivity index (χ2n) is 7.84. The number of rotatable bonds is 7. The van der Waals surface area contributed by atoms with Gasteiger partial charge in [-0.3, -0.25) is 0 Å². The monoisotopic (exact) mass is 541 g/mol. The van der Waals surface area contributed by atoms with Crippen molar-refractivity contribution >= 4 is 59.1 Å². The van der Waals surface area contributed by atoms with Gasteiger partial charge in [0.1, 0.15) is 0 Å². The summed E-state index contributed by atoms with van der Waals surface area (Å²) in [6, 6.07) is 25.8. The molecule has 0 spiro atoms. The standard InChI is InChI=1S/C27H22AsN4S2/c1-18-8-9-19(2)24(14-18)34-22-12-10-21(11-13-22)28-25-23-15-29-27(32-26(23)31-17-30-25)33-16-20-6-4-3-5-7-20/h3-15,17H,16H2,1-2H3. The van der Waals surface area contributed by atoms with Crippen LogP contribution >= 0.6 is 23.5 Å². The molecular weight excluding hydrogens is 519 g/mol. The van der Waals surface area contributed by atoms with Gasteiger partial charge < -0.3 is 0 Å². The van der Waals surface area contributed by atoms with Crippen LogP contribution in [0.5, 0.6) is 0 Å². The number of nitrogens with zero attached hydrogens (tertiary/aromatic N) is 4. The molecule has 2 heterocycles. The summed E-state index contributed by atoms with van der Waals surface area (Å²) in [5.41, 5.74) is 4.56. The average molecular weight is 542 g/mol. The molecule has 34 heavy (non-hydrogen) atoms. The molecule has 167 valence electrons. The number of aryl methyl sites for hydroxylation is 2.